The Morgan fingerprint density at radius 1 is 1.26 bits per heavy atom. The van der Waals surface area contributed by atoms with Gasteiger partial charge in [-0.3, -0.25) is 23.4 Å². The molecule has 0 saturated carbocycles. The number of rotatable bonds is 4. The lowest BCUT2D eigenvalue weighted by atomic mass is 9.61. The molecule has 4 radical (unpaired) electrons. The van der Waals surface area contributed by atoms with Crippen molar-refractivity contribution in [3.63, 3.8) is 0 Å². The highest BCUT2D eigenvalue weighted by Crippen LogP contribution is 2.58. The number of aromatic nitrogens is 2. The summed E-state index contributed by atoms with van der Waals surface area (Å²) in [6, 6.07) is 3.80. The van der Waals surface area contributed by atoms with Crippen molar-refractivity contribution in [3.8, 4) is 5.75 Å². The average Bonchev–Trinajstić information content (AvgIpc) is 3.16. The van der Waals surface area contributed by atoms with Crippen molar-refractivity contribution in [2.75, 3.05) is 0 Å². The van der Waals surface area contributed by atoms with E-state index in [9.17, 15) is 9.36 Å². The number of phosphoric acid groups is 1. The number of aromatic amines is 1. The van der Waals surface area contributed by atoms with Crippen LogP contribution in [0.1, 0.15) is 41.3 Å². The number of hydrogen-bond donors (Lipinski definition) is 1. The Hall–Kier alpha value is -1.64. The van der Waals surface area contributed by atoms with Crippen LogP contribution in [0.3, 0.4) is 0 Å². The molecule has 1 N–H and O–H groups in total. The molecule has 12 heteroatoms. The van der Waals surface area contributed by atoms with Crippen LogP contribution in [0.5, 0.6) is 5.75 Å². The highest BCUT2D eigenvalue weighted by molar-refractivity contribution is 7.71. The lowest BCUT2D eigenvalue weighted by Crippen LogP contribution is -2.46. The first kappa shape index (κ1) is 22.6. The van der Waals surface area contributed by atoms with E-state index in [0.29, 0.717) is 24.2 Å². The zero-order valence-electron chi connectivity index (χ0n) is 17.4. The van der Waals surface area contributed by atoms with Crippen molar-refractivity contribution in [1.29, 1.82) is 0 Å². The minimum atomic E-state index is -4.08. The van der Waals surface area contributed by atoms with E-state index in [1.165, 1.54) is 0 Å². The minimum absolute atomic E-state index is 0.0468. The van der Waals surface area contributed by atoms with Gasteiger partial charge < -0.3 is 9.26 Å². The molecule has 0 bridgehead atoms. The highest BCUT2D eigenvalue weighted by atomic mass is 32.1. The molecule has 1 saturated heterocycles. The van der Waals surface area contributed by atoms with Gasteiger partial charge in [0.2, 0.25) is 0 Å². The van der Waals surface area contributed by atoms with Crippen LogP contribution in [-0.4, -0.2) is 36.7 Å². The molecule has 160 valence electrons. The predicted octanol–water partition coefficient (Wildman–Crippen LogP) is 3.23. The smallest absolute Gasteiger partial charge is 0.403 e. The van der Waals surface area contributed by atoms with Crippen LogP contribution in [-0.2, 0) is 25.0 Å². The number of aryl methyl sites for hydroxylation is 3. The van der Waals surface area contributed by atoms with Crippen molar-refractivity contribution in [2.45, 2.75) is 58.0 Å². The molecule has 1 fully saturated rings. The number of nitrogens with one attached hydrogen (secondary N) is 1. The molecular formula is C19H21B2N2O6PS. The minimum Gasteiger partial charge on any atom is -0.403 e. The third-order valence-corrected chi connectivity index (χ3v) is 7.01. The normalized spacial score (nSPS) is 25.8. The van der Waals surface area contributed by atoms with E-state index in [-0.39, 0.29) is 16.9 Å². The van der Waals surface area contributed by atoms with Gasteiger partial charge in [-0.2, -0.15) is 0 Å². The molecule has 1 aromatic heterocycles. The highest BCUT2D eigenvalue weighted by Gasteiger charge is 2.46. The zero-order valence-corrected chi connectivity index (χ0v) is 19.1. The SMILES string of the molecule is [B]C([B])(OP1(=O)OCc2cc(C)cc(C)c2O1)C1CCC(n2cc(C)c(=O)[nH]c2=S)O1. The first-order valence-electron chi connectivity index (χ1n) is 9.78. The van der Waals surface area contributed by atoms with Gasteiger partial charge in [-0.15, -0.1) is 0 Å². The van der Waals surface area contributed by atoms with E-state index in [2.05, 4.69) is 4.98 Å². The zero-order chi connectivity index (χ0) is 22.6. The molecule has 2 aliphatic heterocycles. The molecule has 8 nitrogen and oxygen atoms in total. The summed E-state index contributed by atoms with van der Waals surface area (Å²) in [5.41, 5.74) is 2.84. The number of ether oxygens (including phenoxy) is 1. The Kier molecular flexibility index (Phi) is 5.85. The molecule has 3 unspecified atom stereocenters. The van der Waals surface area contributed by atoms with Gasteiger partial charge in [-0.25, -0.2) is 4.57 Å². The van der Waals surface area contributed by atoms with Gasteiger partial charge in [-0.05, 0) is 51.4 Å². The number of fused-ring (bicyclic) bond motifs is 1. The summed E-state index contributed by atoms with van der Waals surface area (Å²) in [4.78, 5) is 14.3. The number of H-pyrrole nitrogens is 1. The van der Waals surface area contributed by atoms with Crippen molar-refractivity contribution in [1.82, 2.24) is 9.55 Å². The first-order valence-corrected chi connectivity index (χ1v) is 11.6. The van der Waals surface area contributed by atoms with Gasteiger partial charge in [-0.1, -0.05) is 17.7 Å². The maximum absolute atomic E-state index is 13.1. The van der Waals surface area contributed by atoms with Gasteiger partial charge >= 0.3 is 7.82 Å². The summed E-state index contributed by atoms with van der Waals surface area (Å²) in [6.45, 7) is 5.51. The molecular weight excluding hydrogens is 437 g/mol. The second kappa shape index (κ2) is 8.05. The molecule has 2 aromatic rings. The van der Waals surface area contributed by atoms with Gasteiger partial charge in [0.25, 0.3) is 5.56 Å². The molecule has 1 aromatic carbocycles. The van der Waals surface area contributed by atoms with E-state index >= 15 is 0 Å². The topological polar surface area (TPSA) is 91.8 Å². The van der Waals surface area contributed by atoms with Gasteiger partial charge in [0.05, 0.1) is 12.7 Å². The van der Waals surface area contributed by atoms with E-state index in [4.69, 9.17) is 46.2 Å². The van der Waals surface area contributed by atoms with Crippen LogP contribution in [0.2, 0.25) is 0 Å². The summed E-state index contributed by atoms with van der Waals surface area (Å²) >= 11 is 5.22. The lowest BCUT2D eigenvalue weighted by molar-refractivity contribution is -0.0508. The largest absolute Gasteiger partial charge is 0.529 e. The molecule has 31 heavy (non-hydrogen) atoms. The van der Waals surface area contributed by atoms with Crippen molar-refractivity contribution in [2.24, 2.45) is 0 Å². The number of nitrogens with zero attached hydrogens (tertiary/aromatic N) is 1. The van der Waals surface area contributed by atoms with Gasteiger partial charge in [0.15, 0.2) is 4.77 Å². The third-order valence-electron chi connectivity index (χ3n) is 5.30. The Morgan fingerprint density at radius 3 is 2.74 bits per heavy atom. The fourth-order valence-electron chi connectivity index (χ4n) is 3.82. The third kappa shape index (κ3) is 4.47. The van der Waals surface area contributed by atoms with Crippen LogP contribution < -0.4 is 10.1 Å². The molecule has 0 aliphatic carbocycles. The maximum atomic E-state index is 13.1. The van der Waals surface area contributed by atoms with Crippen molar-refractivity contribution >= 4 is 35.7 Å². The number of hydrogen-bond acceptors (Lipinski definition) is 7. The standard InChI is InChI=1S/C19H21B2N2O6PS/c1-10-6-11(2)16-13(7-10)9-26-30(25,28-16)29-19(20,21)14-4-5-15(27-14)23-8-12(3)17(24)22-18(23)31/h6-8,14-15H,4-5,9H2,1-3H3,(H,22,24,31). The molecule has 2 aliphatic rings. The maximum Gasteiger partial charge on any atom is 0.529 e. The van der Waals surface area contributed by atoms with Crippen LogP contribution >= 0.6 is 20.0 Å². The second-order valence-electron chi connectivity index (χ2n) is 7.96. The van der Waals surface area contributed by atoms with Crippen LogP contribution in [0.25, 0.3) is 0 Å². The Labute approximate surface area is 187 Å². The lowest BCUT2D eigenvalue weighted by Gasteiger charge is -2.37. The summed E-state index contributed by atoms with van der Waals surface area (Å²) in [6.07, 6.45) is 1.21. The fourth-order valence-corrected chi connectivity index (χ4v) is 5.51. The first-order chi connectivity index (χ1) is 14.5. The molecule has 0 spiro atoms. The summed E-state index contributed by atoms with van der Waals surface area (Å²) in [5.74, 6) is 0.441. The van der Waals surface area contributed by atoms with Crippen LogP contribution in [0.4, 0.5) is 0 Å². The number of phosphoric ester groups is 1. The monoisotopic (exact) mass is 458 g/mol. The quantitative estimate of drug-likeness (QED) is 0.428. The second-order valence-corrected chi connectivity index (χ2v) is 9.87. The van der Waals surface area contributed by atoms with E-state index in [1.807, 2.05) is 26.0 Å². The summed E-state index contributed by atoms with van der Waals surface area (Å²) in [5, 5.41) is -1.94. The summed E-state index contributed by atoms with van der Waals surface area (Å²) < 4.78 is 37.4. The molecule has 0 amide bonds. The number of benzene rings is 1. The van der Waals surface area contributed by atoms with Crippen LogP contribution in [0.15, 0.2) is 23.1 Å². The summed E-state index contributed by atoms with van der Waals surface area (Å²) in [7, 11) is 8.23. The van der Waals surface area contributed by atoms with Crippen molar-refractivity contribution in [3.05, 3.63) is 55.7 Å². The average molecular weight is 458 g/mol. The van der Waals surface area contributed by atoms with Crippen LogP contribution in [0, 0.1) is 25.5 Å². The predicted molar refractivity (Wildman–Crippen MR) is 118 cm³/mol. The Morgan fingerprint density at radius 2 is 2.00 bits per heavy atom. The molecule has 3 atom stereocenters. The Balaban J connectivity index is 1.51. The fraction of sp³-hybridized carbons (Fsp3) is 0.474. The van der Waals surface area contributed by atoms with Gasteiger partial charge in [0, 0.05) is 22.7 Å². The molecule has 4 rings (SSSR count). The van der Waals surface area contributed by atoms with Gasteiger partial charge in [0.1, 0.15) is 27.7 Å². The van der Waals surface area contributed by atoms with E-state index in [0.717, 1.165) is 16.7 Å². The Bertz CT molecular complexity index is 1200. The molecule has 3 heterocycles. The van der Waals surface area contributed by atoms with E-state index in [1.54, 1.807) is 17.7 Å². The van der Waals surface area contributed by atoms with E-state index < -0.39 is 25.6 Å². The van der Waals surface area contributed by atoms with Crippen molar-refractivity contribution < 1.29 is 22.9 Å².